The monoisotopic (exact) mass is 196 g/mol. The number of rotatable bonds is 3. The summed E-state index contributed by atoms with van der Waals surface area (Å²) in [6.45, 7) is 6.67. The summed E-state index contributed by atoms with van der Waals surface area (Å²) < 4.78 is 0. The van der Waals surface area contributed by atoms with Gasteiger partial charge in [-0.1, -0.05) is 26.7 Å². The molecule has 0 aromatic rings. The van der Waals surface area contributed by atoms with Gasteiger partial charge < -0.3 is 4.90 Å². The zero-order valence-corrected chi connectivity index (χ0v) is 10.0. The Balaban J connectivity index is 2.50. The average Bonchev–Trinajstić information content (AvgIpc) is 2.67. The molecule has 0 aromatic heterocycles. The molecule has 82 valence electrons. The third-order valence-electron chi connectivity index (χ3n) is 3.70. The van der Waals surface area contributed by atoms with E-state index < -0.39 is 0 Å². The SMILES string of the molecule is CC(C)C(C)N(C)C(=N)C1CCCC1. The Kier molecular flexibility index (Phi) is 3.97. The molecule has 0 heterocycles. The molecule has 0 spiro atoms. The van der Waals surface area contributed by atoms with Crippen molar-refractivity contribution >= 4 is 5.84 Å². The first-order chi connectivity index (χ1) is 6.54. The van der Waals surface area contributed by atoms with Gasteiger partial charge in [0.25, 0.3) is 0 Å². The minimum Gasteiger partial charge on any atom is -0.360 e. The molecule has 1 N–H and O–H groups in total. The summed E-state index contributed by atoms with van der Waals surface area (Å²) in [6, 6.07) is 0.489. The normalized spacial score (nSPS) is 20.1. The highest BCUT2D eigenvalue weighted by Gasteiger charge is 2.25. The van der Waals surface area contributed by atoms with E-state index >= 15 is 0 Å². The van der Waals surface area contributed by atoms with Gasteiger partial charge in [-0.15, -0.1) is 0 Å². The molecule has 14 heavy (non-hydrogen) atoms. The Bertz CT molecular complexity index is 192. The minimum atomic E-state index is 0.489. The maximum absolute atomic E-state index is 8.14. The van der Waals surface area contributed by atoms with E-state index in [0.29, 0.717) is 17.9 Å². The van der Waals surface area contributed by atoms with E-state index in [1.165, 1.54) is 25.7 Å². The summed E-state index contributed by atoms with van der Waals surface area (Å²) in [5, 5.41) is 8.14. The molecule has 2 nitrogen and oxygen atoms in total. The first kappa shape index (κ1) is 11.5. The number of hydrogen-bond donors (Lipinski definition) is 1. The Labute approximate surface area is 88.2 Å². The second kappa shape index (κ2) is 4.81. The van der Waals surface area contributed by atoms with Gasteiger partial charge in [-0.05, 0) is 25.7 Å². The number of nitrogens with one attached hydrogen (secondary N) is 1. The fourth-order valence-electron chi connectivity index (χ4n) is 2.15. The molecule has 1 aliphatic rings. The highest BCUT2D eigenvalue weighted by atomic mass is 15.2. The number of hydrogen-bond acceptors (Lipinski definition) is 1. The van der Waals surface area contributed by atoms with Crippen LogP contribution in [0.15, 0.2) is 0 Å². The Morgan fingerprint density at radius 1 is 1.21 bits per heavy atom. The van der Waals surface area contributed by atoms with Crippen molar-refractivity contribution in [1.82, 2.24) is 4.90 Å². The van der Waals surface area contributed by atoms with Gasteiger partial charge in [0.1, 0.15) is 0 Å². The molecule has 1 rings (SSSR count). The van der Waals surface area contributed by atoms with Gasteiger partial charge in [0.05, 0.1) is 5.84 Å². The van der Waals surface area contributed by atoms with Crippen molar-refractivity contribution in [3.63, 3.8) is 0 Å². The fourth-order valence-corrected chi connectivity index (χ4v) is 2.15. The van der Waals surface area contributed by atoms with Crippen LogP contribution in [0.3, 0.4) is 0 Å². The van der Waals surface area contributed by atoms with Crippen LogP contribution in [0.5, 0.6) is 0 Å². The van der Waals surface area contributed by atoms with Gasteiger partial charge in [-0.25, -0.2) is 0 Å². The van der Waals surface area contributed by atoms with Gasteiger partial charge >= 0.3 is 0 Å². The number of amidine groups is 1. The lowest BCUT2D eigenvalue weighted by molar-refractivity contribution is 0.294. The zero-order chi connectivity index (χ0) is 10.7. The molecule has 1 unspecified atom stereocenters. The summed E-state index contributed by atoms with van der Waals surface area (Å²) in [5.41, 5.74) is 0. The lowest BCUT2D eigenvalue weighted by Gasteiger charge is -2.32. The van der Waals surface area contributed by atoms with E-state index in [4.69, 9.17) is 5.41 Å². The van der Waals surface area contributed by atoms with Crippen LogP contribution in [0.2, 0.25) is 0 Å². The molecule has 1 saturated carbocycles. The maximum Gasteiger partial charge on any atom is 0.0989 e. The molecule has 0 saturated heterocycles. The summed E-state index contributed by atoms with van der Waals surface area (Å²) in [6.07, 6.45) is 5.09. The van der Waals surface area contributed by atoms with Crippen LogP contribution >= 0.6 is 0 Å². The first-order valence-corrected chi connectivity index (χ1v) is 5.85. The Morgan fingerprint density at radius 2 is 1.71 bits per heavy atom. The predicted molar refractivity (Wildman–Crippen MR) is 61.7 cm³/mol. The number of nitrogens with zero attached hydrogens (tertiary/aromatic N) is 1. The molecular formula is C12H24N2. The lowest BCUT2D eigenvalue weighted by atomic mass is 10.0. The molecular weight excluding hydrogens is 172 g/mol. The van der Waals surface area contributed by atoms with Crippen LogP contribution in [-0.4, -0.2) is 23.8 Å². The zero-order valence-electron chi connectivity index (χ0n) is 10.0. The minimum absolute atomic E-state index is 0.489. The van der Waals surface area contributed by atoms with Gasteiger partial charge in [-0.2, -0.15) is 0 Å². The second-order valence-electron chi connectivity index (χ2n) is 4.96. The van der Waals surface area contributed by atoms with E-state index in [2.05, 4.69) is 32.7 Å². The van der Waals surface area contributed by atoms with E-state index in [-0.39, 0.29) is 0 Å². The van der Waals surface area contributed by atoms with Gasteiger partial charge in [0, 0.05) is 19.0 Å². The Hall–Kier alpha value is -0.530. The van der Waals surface area contributed by atoms with E-state index in [0.717, 1.165) is 5.84 Å². The molecule has 0 amide bonds. The third-order valence-corrected chi connectivity index (χ3v) is 3.70. The van der Waals surface area contributed by atoms with Crippen LogP contribution in [0.4, 0.5) is 0 Å². The van der Waals surface area contributed by atoms with Crippen LogP contribution in [0.1, 0.15) is 46.5 Å². The van der Waals surface area contributed by atoms with Crippen molar-refractivity contribution in [3.05, 3.63) is 0 Å². The van der Waals surface area contributed by atoms with Crippen LogP contribution < -0.4 is 0 Å². The largest absolute Gasteiger partial charge is 0.360 e. The quantitative estimate of drug-likeness (QED) is 0.545. The summed E-state index contributed by atoms with van der Waals surface area (Å²) in [5.74, 6) is 2.03. The summed E-state index contributed by atoms with van der Waals surface area (Å²) >= 11 is 0. The average molecular weight is 196 g/mol. The van der Waals surface area contributed by atoms with Crippen molar-refractivity contribution in [1.29, 1.82) is 5.41 Å². The molecule has 1 aliphatic carbocycles. The van der Waals surface area contributed by atoms with Crippen molar-refractivity contribution in [2.45, 2.75) is 52.5 Å². The van der Waals surface area contributed by atoms with Crippen molar-refractivity contribution in [2.24, 2.45) is 11.8 Å². The van der Waals surface area contributed by atoms with Crippen LogP contribution in [0.25, 0.3) is 0 Å². The molecule has 0 aliphatic heterocycles. The molecule has 1 atom stereocenters. The fraction of sp³-hybridized carbons (Fsp3) is 0.917. The topological polar surface area (TPSA) is 27.1 Å². The van der Waals surface area contributed by atoms with Crippen LogP contribution in [-0.2, 0) is 0 Å². The van der Waals surface area contributed by atoms with Crippen molar-refractivity contribution < 1.29 is 0 Å². The highest BCUT2D eigenvalue weighted by Crippen LogP contribution is 2.27. The van der Waals surface area contributed by atoms with Crippen molar-refractivity contribution in [2.75, 3.05) is 7.05 Å². The van der Waals surface area contributed by atoms with Gasteiger partial charge in [-0.3, -0.25) is 5.41 Å². The first-order valence-electron chi connectivity index (χ1n) is 5.85. The molecule has 0 bridgehead atoms. The highest BCUT2D eigenvalue weighted by molar-refractivity contribution is 5.81. The molecule has 0 radical (unpaired) electrons. The van der Waals surface area contributed by atoms with Gasteiger partial charge in [0.2, 0.25) is 0 Å². The molecule has 1 fully saturated rings. The van der Waals surface area contributed by atoms with Crippen molar-refractivity contribution in [3.8, 4) is 0 Å². The second-order valence-corrected chi connectivity index (χ2v) is 4.96. The Morgan fingerprint density at radius 3 is 2.14 bits per heavy atom. The van der Waals surface area contributed by atoms with Gasteiger partial charge in [0.15, 0.2) is 0 Å². The molecule has 0 aromatic carbocycles. The van der Waals surface area contributed by atoms with E-state index in [1.807, 2.05) is 0 Å². The smallest absolute Gasteiger partial charge is 0.0989 e. The summed E-state index contributed by atoms with van der Waals surface area (Å²) in [4.78, 5) is 2.17. The lowest BCUT2D eigenvalue weighted by Crippen LogP contribution is -2.40. The summed E-state index contributed by atoms with van der Waals surface area (Å²) in [7, 11) is 2.07. The van der Waals surface area contributed by atoms with E-state index in [1.54, 1.807) is 0 Å². The molecule has 2 heteroatoms. The standard InChI is InChI=1S/C12H24N2/c1-9(2)10(3)14(4)12(13)11-7-5-6-8-11/h9-11,13H,5-8H2,1-4H3. The van der Waals surface area contributed by atoms with E-state index in [9.17, 15) is 0 Å². The third kappa shape index (κ3) is 2.49. The maximum atomic E-state index is 8.14. The predicted octanol–water partition coefficient (Wildman–Crippen LogP) is 3.13. The van der Waals surface area contributed by atoms with Crippen LogP contribution in [0, 0.1) is 17.2 Å².